The Hall–Kier alpha value is -1.84. The summed E-state index contributed by atoms with van der Waals surface area (Å²) in [7, 11) is 1.38. The molecule has 0 spiro atoms. The molecule has 1 aromatic heterocycles. The lowest BCUT2D eigenvalue weighted by molar-refractivity contribution is 0.0600. The smallest absolute Gasteiger partial charge is 0.338 e. The van der Waals surface area contributed by atoms with Crippen molar-refractivity contribution in [2.45, 2.75) is 13.8 Å². The van der Waals surface area contributed by atoms with Gasteiger partial charge in [-0.1, -0.05) is 6.07 Å². The lowest BCUT2D eigenvalue weighted by Crippen LogP contribution is -2.03. The maximum Gasteiger partial charge on any atom is 0.338 e. The molecule has 0 saturated heterocycles. The number of aromatic nitrogens is 2. The number of aromatic amines is 1. The number of methoxy groups -OCH3 is 1. The molecule has 0 aliphatic rings. The van der Waals surface area contributed by atoms with Crippen molar-refractivity contribution in [1.29, 1.82) is 0 Å². The Bertz CT molecular complexity index is 529. The van der Waals surface area contributed by atoms with Crippen LogP contribution in [0.1, 0.15) is 21.6 Å². The van der Waals surface area contributed by atoms with Crippen molar-refractivity contribution in [2.24, 2.45) is 0 Å². The number of hydrogen-bond acceptors (Lipinski definition) is 3. The van der Waals surface area contributed by atoms with Crippen LogP contribution in [0.5, 0.6) is 0 Å². The quantitative estimate of drug-likeness (QED) is 0.722. The van der Waals surface area contributed by atoms with Gasteiger partial charge in [0.15, 0.2) is 0 Å². The predicted molar refractivity (Wildman–Crippen MR) is 56.9 cm³/mol. The maximum atomic E-state index is 11.4. The molecule has 1 aromatic carbocycles. The molecule has 4 nitrogen and oxygen atoms in total. The molecule has 2 rings (SSSR count). The summed E-state index contributed by atoms with van der Waals surface area (Å²) in [6.07, 6.45) is 0. The molecule has 0 atom stereocenters. The van der Waals surface area contributed by atoms with Crippen LogP contribution >= 0.6 is 0 Å². The van der Waals surface area contributed by atoms with Gasteiger partial charge in [-0.3, -0.25) is 5.10 Å². The minimum atomic E-state index is -0.318. The molecule has 0 bridgehead atoms. The van der Waals surface area contributed by atoms with Gasteiger partial charge in [0.05, 0.1) is 23.9 Å². The van der Waals surface area contributed by atoms with Gasteiger partial charge in [0.2, 0.25) is 0 Å². The Morgan fingerprint density at radius 1 is 1.40 bits per heavy atom. The predicted octanol–water partition coefficient (Wildman–Crippen LogP) is 1.97. The maximum absolute atomic E-state index is 11.4. The topological polar surface area (TPSA) is 55.0 Å². The van der Waals surface area contributed by atoms with Crippen LogP contribution in [0.15, 0.2) is 12.1 Å². The number of H-pyrrole nitrogens is 1. The van der Waals surface area contributed by atoms with Crippen LogP contribution in [0.3, 0.4) is 0 Å². The van der Waals surface area contributed by atoms with E-state index in [4.69, 9.17) is 4.74 Å². The normalized spacial score (nSPS) is 10.6. The van der Waals surface area contributed by atoms with Crippen molar-refractivity contribution in [1.82, 2.24) is 10.2 Å². The number of carbonyl (C=O) groups is 1. The van der Waals surface area contributed by atoms with E-state index in [1.54, 1.807) is 6.07 Å². The van der Waals surface area contributed by atoms with Crippen LogP contribution in [0, 0.1) is 13.8 Å². The lowest BCUT2D eigenvalue weighted by Gasteiger charge is -2.04. The van der Waals surface area contributed by atoms with Crippen molar-refractivity contribution in [3.8, 4) is 0 Å². The molecular formula is C11H12N2O2. The molecule has 4 heteroatoms. The summed E-state index contributed by atoms with van der Waals surface area (Å²) < 4.78 is 4.70. The zero-order valence-electron chi connectivity index (χ0n) is 8.92. The second-order valence-corrected chi connectivity index (χ2v) is 3.46. The highest BCUT2D eigenvalue weighted by Gasteiger charge is 2.13. The van der Waals surface area contributed by atoms with Gasteiger partial charge in [0.1, 0.15) is 0 Å². The zero-order valence-corrected chi connectivity index (χ0v) is 8.92. The fourth-order valence-electron chi connectivity index (χ4n) is 1.69. The van der Waals surface area contributed by atoms with Crippen LogP contribution in [0.25, 0.3) is 10.9 Å². The Labute approximate surface area is 87.2 Å². The molecule has 78 valence electrons. The highest BCUT2D eigenvalue weighted by molar-refractivity contribution is 5.97. The van der Waals surface area contributed by atoms with E-state index in [9.17, 15) is 4.79 Å². The Kier molecular flexibility index (Phi) is 2.19. The van der Waals surface area contributed by atoms with E-state index in [-0.39, 0.29) is 5.97 Å². The number of rotatable bonds is 1. The third-order valence-corrected chi connectivity index (χ3v) is 2.60. The molecule has 15 heavy (non-hydrogen) atoms. The van der Waals surface area contributed by atoms with Gasteiger partial charge in [-0.15, -0.1) is 0 Å². The molecule has 1 N–H and O–H groups in total. The number of nitrogens with zero attached hydrogens (tertiary/aromatic N) is 1. The first-order valence-electron chi connectivity index (χ1n) is 4.67. The van der Waals surface area contributed by atoms with E-state index in [2.05, 4.69) is 10.2 Å². The number of benzene rings is 1. The second-order valence-electron chi connectivity index (χ2n) is 3.46. The number of fused-ring (bicyclic) bond motifs is 1. The summed E-state index contributed by atoms with van der Waals surface area (Å²) >= 11 is 0. The number of carbonyl (C=O) groups excluding carboxylic acids is 1. The van der Waals surface area contributed by atoms with Crippen LogP contribution in [0.4, 0.5) is 0 Å². The van der Waals surface area contributed by atoms with Gasteiger partial charge in [0.25, 0.3) is 0 Å². The number of ether oxygens (including phenoxy) is 1. The molecule has 0 amide bonds. The van der Waals surface area contributed by atoms with Gasteiger partial charge in [0, 0.05) is 5.39 Å². The summed E-state index contributed by atoms with van der Waals surface area (Å²) in [5, 5.41) is 8.07. The first kappa shape index (κ1) is 9.71. The average Bonchev–Trinajstić information content (AvgIpc) is 2.61. The van der Waals surface area contributed by atoms with Gasteiger partial charge < -0.3 is 4.74 Å². The van der Waals surface area contributed by atoms with Crippen LogP contribution in [-0.2, 0) is 4.74 Å². The van der Waals surface area contributed by atoms with Gasteiger partial charge in [-0.2, -0.15) is 5.10 Å². The van der Waals surface area contributed by atoms with E-state index < -0.39 is 0 Å². The SMILES string of the molecule is COC(=O)c1ccc2c(C)n[nH]c2c1C. The van der Waals surface area contributed by atoms with Crippen LogP contribution in [0.2, 0.25) is 0 Å². The number of esters is 1. The molecule has 0 radical (unpaired) electrons. The molecule has 0 saturated carbocycles. The highest BCUT2D eigenvalue weighted by Crippen LogP contribution is 2.22. The van der Waals surface area contributed by atoms with Gasteiger partial charge >= 0.3 is 5.97 Å². The van der Waals surface area contributed by atoms with Crippen molar-refractivity contribution < 1.29 is 9.53 Å². The molecule has 0 aliphatic carbocycles. The summed E-state index contributed by atoms with van der Waals surface area (Å²) in [5.74, 6) is -0.318. The summed E-state index contributed by atoms with van der Waals surface area (Å²) in [5.41, 5.74) is 3.29. The number of nitrogens with one attached hydrogen (secondary N) is 1. The van der Waals surface area contributed by atoms with Crippen molar-refractivity contribution in [2.75, 3.05) is 7.11 Å². The fraction of sp³-hybridized carbons (Fsp3) is 0.273. The van der Waals surface area contributed by atoms with E-state index >= 15 is 0 Å². The van der Waals surface area contributed by atoms with Crippen molar-refractivity contribution in [3.63, 3.8) is 0 Å². The van der Waals surface area contributed by atoms with E-state index in [0.29, 0.717) is 5.56 Å². The zero-order chi connectivity index (χ0) is 11.0. The van der Waals surface area contributed by atoms with Crippen molar-refractivity contribution >= 4 is 16.9 Å². The average molecular weight is 204 g/mol. The number of aryl methyl sites for hydroxylation is 2. The lowest BCUT2D eigenvalue weighted by atomic mass is 10.0. The monoisotopic (exact) mass is 204 g/mol. The first-order valence-corrected chi connectivity index (χ1v) is 4.67. The first-order chi connectivity index (χ1) is 7.15. The van der Waals surface area contributed by atoms with E-state index in [1.807, 2.05) is 19.9 Å². The Morgan fingerprint density at radius 3 is 2.80 bits per heavy atom. The largest absolute Gasteiger partial charge is 0.465 e. The third kappa shape index (κ3) is 1.38. The minimum absolute atomic E-state index is 0.318. The molecule has 0 aliphatic heterocycles. The molecular weight excluding hydrogens is 192 g/mol. The summed E-state index contributed by atoms with van der Waals surface area (Å²) in [6, 6.07) is 3.65. The summed E-state index contributed by atoms with van der Waals surface area (Å²) in [6.45, 7) is 3.81. The van der Waals surface area contributed by atoms with Crippen molar-refractivity contribution in [3.05, 3.63) is 29.0 Å². The number of hydrogen-bond donors (Lipinski definition) is 1. The van der Waals surface area contributed by atoms with Gasteiger partial charge in [-0.05, 0) is 25.5 Å². The standard InChI is InChI=1S/C11H12N2O2/c1-6-8(11(14)15-3)4-5-9-7(2)12-13-10(6)9/h4-5H,1-3H3,(H,12,13). The minimum Gasteiger partial charge on any atom is -0.465 e. The second kappa shape index (κ2) is 3.38. The molecule has 1 heterocycles. The summed E-state index contributed by atoms with van der Waals surface area (Å²) in [4.78, 5) is 11.4. The highest BCUT2D eigenvalue weighted by atomic mass is 16.5. The Morgan fingerprint density at radius 2 is 2.13 bits per heavy atom. The fourth-order valence-corrected chi connectivity index (χ4v) is 1.69. The Balaban J connectivity index is 2.71. The molecule has 2 aromatic rings. The molecule has 0 unspecified atom stereocenters. The third-order valence-electron chi connectivity index (χ3n) is 2.60. The van der Waals surface area contributed by atoms with E-state index in [0.717, 1.165) is 22.2 Å². The van der Waals surface area contributed by atoms with Gasteiger partial charge in [-0.25, -0.2) is 4.79 Å². The van der Waals surface area contributed by atoms with Crippen LogP contribution < -0.4 is 0 Å². The van der Waals surface area contributed by atoms with Crippen LogP contribution in [-0.4, -0.2) is 23.3 Å². The molecule has 0 fully saturated rings. The van der Waals surface area contributed by atoms with E-state index in [1.165, 1.54) is 7.11 Å².